The van der Waals surface area contributed by atoms with Crippen molar-refractivity contribution < 1.29 is 27.0 Å². The van der Waals surface area contributed by atoms with Crippen LogP contribution in [0.15, 0.2) is 72.9 Å². The van der Waals surface area contributed by atoms with Gasteiger partial charge in [-0.25, -0.2) is 0 Å². The second-order valence-electron chi connectivity index (χ2n) is 5.42. The van der Waals surface area contributed by atoms with Crippen LogP contribution in [0.2, 0.25) is 0 Å². The number of allylic oxidation sites excluding steroid dienone is 8. The van der Waals surface area contributed by atoms with Crippen molar-refractivity contribution in [3.05, 3.63) is 72.9 Å². The molecule has 0 aromatic carbocycles. The maximum absolute atomic E-state index is 10.4. The minimum atomic E-state index is -2.70. The summed E-state index contributed by atoms with van der Waals surface area (Å²) in [7, 11) is 0. The van der Waals surface area contributed by atoms with Gasteiger partial charge in [-0.3, -0.25) is 4.79 Å². The van der Waals surface area contributed by atoms with Crippen LogP contribution in [0.5, 0.6) is 0 Å². The number of aliphatic carboxylic acids is 1. The first-order valence-electron chi connectivity index (χ1n) is 11.0. The van der Waals surface area contributed by atoms with Crippen LogP contribution >= 0.6 is 0 Å². The highest BCUT2D eigenvalue weighted by Gasteiger charge is 1.95. The van der Waals surface area contributed by atoms with Gasteiger partial charge in [0.1, 0.15) is 0 Å². The van der Waals surface area contributed by atoms with Gasteiger partial charge < -0.3 is 15.3 Å². The van der Waals surface area contributed by atoms with E-state index in [2.05, 4.69) is 0 Å². The van der Waals surface area contributed by atoms with Crippen molar-refractivity contribution in [1.82, 2.24) is 0 Å². The normalized spacial score (nSPS) is 19.4. The van der Waals surface area contributed by atoms with Gasteiger partial charge in [0, 0.05) is 13.3 Å². The molecule has 0 aliphatic carbocycles. The number of aliphatic hydroxyl groups excluding tert-OH is 2. The number of hydrogen-bond acceptors (Lipinski definition) is 3. The summed E-state index contributed by atoms with van der Waals surface area (Å²) in [6.45, 7) is -2.70. The van der Waals surface area contributed by atoms with Crippen molar-refractivity contribution in [2.45, 2.75) is 57.5 Å². The zero-order chi connectivity index (χ0) is 23.8. The molecule has 4 heteroatoms. The molecule has 0 aromatic rings. The number of aliphatic hydroxyl groups is 2. The molecule has 0 fully saturated rings. The van der Waals surface area contributed by atoms with E-state index < -0.39 is 31.4 Å². The third kappa shape index (κ3) is 18.2. The van der Waals surface area contributed by atoms with E-state index in [0.29, 0.717) is 25.7 Å². The van der Waals surface area contributed by atoms with E-state index in [0.717, 1.165) is 6.08 Å². The molecule has 0 rings (SSSR count). The van der Waals surface area contributed by atoms with Gasteiger partial charge in [0.25, 0.3) is 0 Å². The van der Waals surface area contributed by atoms with E-state index in [1.807, 2.05) is 0 Å². The highest BCUT2D eigenvalue weighted by molar-refractivity contribution is 5.66. The summed E-state index contributed by atoms with van der Waals surface area (Å²) in [6.07, 6.45) is 17.3. The molecule has 0 saturated carbocycles. The summed E-state index contributed by atoms with van der Waals surface area (Å²) in [6, 6.07) is 0. The molecule has 0 radical (unpaired) electrons. The molecule has 26 heavy (non-hydrogen) atoms. The van der Waals surface area contributed by atoms with Gasteiger partial charge in [0.05, 0.1) is 12.2 Å². The number of carboxylic acid groups (broad SMARTS) is 1. The van der Waals surface area contributed by atoms with Crippen LogP contribution in [0.4, 0.5) is 0 Å². The summed E-state index contributed by atoms with van der Waals surface area (Å²) >= 11 is 0. The highest BCUT2D eigenvalue weighted by atomic mass is 16.4. The number of hydrogen-bond donors (Lipinski definition) is 3. The fourth-order valence-corrected chi connectivity index (χ4v) is 1.77. The van der Waals surface area contributed by atoms with Gasteiger partial charge in [0.15, 0.2) is 0 Å². The lowest BCUT2D eigenvalue weighted by Gasteiger charge is -1.99. The second-order valence-corrected chi connectivity index (χ2v) is 5.42. The van der Waals surface area contributed by atoms with Crippen LogP contribution in [0.1, 0.15) is 52.2 Å². The standard InChI is InChI=1S/C22H32O4/c1-2-3-4-5-6-10-15-20(23)16-11-7-8-12-17-21(24)18-13-9-14-19-22(25)26/h3-4,6-13,16-17,20-21,23-24H,2,5,14-15,18-19H2,1H3,(H,25,26)/b4-3-,8-7+,10-6-,13-9-,16-11-,17-12+/t20-,21-/m0/s1/i1D3,2D2. The number of rotatable bonds is 14. The van der Waals surface area contributed by atoms with E-state index in [4.69, 9.17) is 12.0 Å². The minimum Gasteiger partial charge on any atom is -0.481 e. The smallest absolute Gasteiger partial charge is 0.303 e. The third-order valence-electron chi connectivity index (χ3n) is 3.09. The predicted molar refractivity (Wildman–Crippen MR) is 108 cm³/mol. The van der Waals surface area contributed by atoms with Crippen LogP contribution in [0, 0.1) is 0 Å². The first-order valence-corrected chi connectivity index (χ1v) is 8.53. The van der Waals surface area contributed by atoms with Gasteiger partial charge in [-0.15, -0.1) is 0 Å². The first-order chi connectivity index (χ1) is 14.5. The molecular weight excluding hydrogens is 328 g/mol. The van der Waals surface area contributed by atoms with Gasteiger partial charge in [-0.2, -0.15) is 0 Å². The summed E-state index contributed by atoms with van der Waals surface area (Å²) in [5, 5.41) is 28.1. The molecule has 0 amide bonds. The molecular formula is C22H32O4. The van der Waals surface area contributed by atoms with E-state index in [9.17, 15) is 15.0 Å². The van der Waals surface area contributed by atoms with Crippen molar-refractivity contribution in [2.75, 3.05) is 0 Å². The van der Waals surface area contributed by atoms with Crippen molar-refractivity contribution >= 4 is 5.97 Å². The summed E-state index contributed by atoms with van der Waals surface area (Å²) < 4.78 is 36.1. The predicted octanol–water partition coefficient (Wildman–Crippen LogP) is 4.49. The Morgan fingerprint density at radius 1 is 0.923 bits per heavy atom. The Kier molecular flexibility index (Phi) is 10.9. The van der Waals surface area contributed by atoms with Crippen LogP contribution in [0.3, 0.4) is 0 Å². The summed E-state index contributed by atoms with van der Waals surface area (Å²) in [4.78, 5) is 10.4. The molecule has 0 saturated heterocycles. The molecule has 4 nitrogen and oxygen atoms in total. The Bertz CT molecular complexity index is 689. The quantitative estimate of drug-likeness (QED) is 0.313. The lowest BCUT2D eigenvalue weighted by molar-refractivity contribution is -0.136. The Hall–Kier alpha value is -2.17. The van der Waals surface area contributed by atoms with Crippen LogP contribution in [-0.2, 0) is 4.79 Å². The fourth-order valence-electron chi connectivity index (χ4n) is 1.77. The highest BCUT2D eigenvalue weighted by Crippen LogP contribution is 2.00. The molecule has 0 heterocycles. The Balaban J connectivity index is 4.11. The number of carbonyl (C=O) groups is 1. The van der Waals surface area contributed by atoms with Crippen molar-refractivity contribution in [1.29, 1.82) is 0 Å². The zero-order valence-electron chi connectivity index (χ0n) is 19.9. The monoisotopic (exact) mass is 365 g/mol. The van der Waals surface area contributed by atoms with Crippen molar-refractivity contribution in [2.24, 2.45) is 0 Å². The average Bonchev–Trinajstić information content (AvgIpc) is 2.65. The molecule has 0 aliphatic rings. The SMILES string of the molecule is [2H]C([2H])([2H])C([2H])([2H])/C=C\C/C=C\C[C@H](O)\C=C/C=C/C=C/[C@H](O)C/C=C\CCC(=O)O. The second kappa shape index (κ2) is 17.6. The van der Waals surface area contributed by atoms with Crippen molar-refractivity contribution in [3.8, 4) is 0 Å². The molecule has 144 valence electrons. The van der Waals surface area contributed by atoms with E-state index >= 15 is 0 Å². The molecule has 3 N–H and O–H groups in total. The van der Waals surface area contributed by atoms with Crippen molar-refractivity contribution in [3.63, 3.8) is 0 Å². The molecule has 0 bridgehead atoms. The van der Waals surface area contributed by atoms with Crippen LogP contribution in [0.25, 0.3) is 0 Å². The Morgan fingerprint density at radius 2 is 1.50 bits per heavy atom. The van der Waals surface area contributed by atoms with E-state index in [1.165, 1.54) is 6.08 Å². The average molecular weight is 366 g/mol. The molecule has 2 atom stereocenters. The maximum Gasteiger partial charge on any atom is 0.303 e. The Labute approximate surface area is 164 Å². The van der Waals surface area contributed by atoms with Gasteiger partial charge in [-0.05, 0) is 32.1 Å². The summed E-state index contributed by atoms with van der Waals surface area (Å²) in [5.41, 5.74) is 0. The van der Waals surface area contributed by atoms with Gasteiger partial charge in [0.2, 0.25) is 0 Å². The minimum absolute atomic E-state index is 0.0710. The molecule has 0 aromatic heterocycles. The lowest BCUT2D eigenvalue weighted by atomic mass is 10.2. The lowest BCUT2D eigenvalue weighted by Crippen LogP contribution is -1.99. The number of carboxylic acids is 1. The zero-order valence-corrected chi connectivity index (χ0v) is 14.9. The largest absolute Gasteiger partial charge is 0.481 e. The topological polar surface area (TPSA) is 77.8 Å². The van der Waals surface area contributed by atoms with E-state index in [-0.39, 0.29) is 6.42 Å². The van der Waals surface area contributed by atoms with Crippen LogP contribution < -0.4 is 0 Å². The van der Waals surface area contributed by atoms with Gasteiger partial charge >= 0.3 is 5.97 Å². The van der Waals surface area contributed by atoms with Crippen LogP contribution in [-0.4, -0.2) is 33.5 Å². The molecule has 0 unspecified atom stereocenters. The van der Waals surface area contributed by atoms with E-state index in [1.54, 1.807) is 60.8 Å². The molecule has 0 spiro atoms. The Morgan fingerprint density at radius 3 is 2.08 bits per heavy atom. The third-order valence-corrected chi connectivity index (χ3v) is 3.09. The fraction of sp³-hybridized carbons (Fsp3) is 0.409. The molecule has 0 aliphatic heterocycles. The maximum atomic E-state index is 10.4. The first kappa shape index (κ1) is 16.0. The van der Waals surface area contributed by atoms with Gasteiger partial charge in [-0.1, -0.05) is 79.8 Å². The summed E-state index contributed by atoms with van der Waals surface area (Å²) in [5.74, 6) is -0.851.